The molecular formula is C14H17BF3KN2O. The van der Waals surface area contributed by atoms with Gasteiger partial charge in [-0.15, -0.1) is 5.46 Å². The normalized spacial score (nSPS) is 11.2. The molecule has 1 heterocycles. The van der Waals surface area contributed by atoms with E-state index in [1.807, 2.05) is 24.6 Å². The molecule has 3 nitrogen and oxygen atoms in total. The smallest absolute Gasteiger partial charge is 0.487 e. The van der Waals surface area contributed by atoms with Crippen molar-refractivity contribution in [3.8, 4) is 5.75 Å². The predicted molar refractivity (Wildman–Crippen MR) is 76.9 cm³/mol. The number of benzene rings is 1. The van der Waals surface area contributed by atoms with Crippen molar-refractivity contribution in [1.29, 1.82) is 0 Å². The Labute approximate surface area is 170 Å². The minimum atomic E-state index is -4.98. The molecule has 0 unspecified atom stereocenters. The summed E-state index contributed by atoms with van der Waals surface area (Å²) in [5, 5.41) is 4.30. The van der Waals surface area contributed by atoms with Gasteiger partial charge in [0.1, 0.15) is 12.4 Å². The molecule has 0 saturated carbocycles. The molecule has 0 saturated heterocycles. The van der Waals surface area contributed by atoms with Gasteiger partial charge in [0.25, 0.3) is 0 Å². The number of hydrogen-bond donors (Lipinski definition) is 0. The number of halogens is 3. The van der Waals surface area contributed by atoms with E-state index in [4.69, 9.17) is 4.74 Å². The van der Waals surface area contributed by atoms with Gasteiger partial charge in [0.15, 0.2) is 0 Å². The van der Waals surface area contributed by atoms with Gasteiger partial charge in [0, 0.05) is 6.54 Å². The molecule has 0 fully saturated rings. The third-order valence-electron chi connectivity index (χ3n) is 3.27. The fourth-order valence-corrected chi connectivity index (χ4v) is 2.25. The van der Waals surface area contributed by atoms with Crippen LogP contribution in [0.3, 0.4) is 0 Å². The van der Waals surface area contributed by atoms with Gasteiger partial charge in [-0.2, -0.15) is 5.10 Å². The summed E-state index contributed by atoms with van der Waals surface area (Å²) in [6.07, 6.45) is 0. The van der Waals surface area contributed by atoms with Gasteiger partial charge in [-0.1, -0.05) is 11.6 Å². The molecule has 114 valence electrons. The van der Waals surface area contributed by atoms with Gasteiger partial charge in [-0.05, 0) is 39.0 Å². The third-order valence-corrected chi connectivity index (χ3v) is 3.27. The summed E-state index contributed by atoms with van der Waals surface area (Å²) < 4.78 is 45.6. The van der Waals surface area contributed by atoms with Gasteiger partial charge in [-0.25, -0.2) is 0 Å². The topological polar surface area (TPSA) is 27.1 Å². The Bertz CT molecular complexity index is 644. The van der Waals surface area contributed by atoms with E-state index in [2.05, 4.69) is 5.10 Å². The fourth-order valence-electron chi connectivity index (χ4n) is 2.25. The van der Waals surface area contributed by atoms with Crippen molar-refractivity contribution in [2.75, 3.05) is 0 Å². The van der Waals surface area contributed by atoms with Crippen molar-refractivity contribution in [2.24, 2.45) is 0 Å². The molecule has 0 aliphatic rings. The van der Waals surface area contributed by atoms with Crippen LogP contribution in [0.2, 0.25) is 0 Å². The Kier molecular flexibility index (Phi) is 7.20. The van der Waals surface area contributed by atoms with Crippen molar-refractivity contribution >= 4 is 12.4 Å². The van der Waals surface area contributed by atoms with Gasteiger partial charge >= 0.3 is 58.4 Å². The van der Waals surface area contributed by atoms with Crippen LogP contribution in [-0.4, -0.2) is 16.8 Å². The first-order chi connectivity index (χ1) is 9.81. The summed E-state index contributed by atoms with van der Waals surface area (Å²) in [4.78, 5) is 0. The van der Waals surface area contributed by atoms with Crippen molar-refractivity contribution in [3.63, 3.8) is 0 Å². The van der Waals surface area contributed by atoms with Crippen LogP contribution in [0.1, 0.15) is 23.9 Å². The zero-order chi connectivity index (χ0) is 15.6. The van der Waals surface area contributed by atoms with Crippen LogP contribution in [-0.2, 0) is 13.2 Å². The van der Waals surface area contributed by atoms with Crippen LogP contribution in [0.5, 0.6) is 5.75 Å². The second kappa shape index (κ2) is 8.01. The van der Waals surface area contributed by atoms with Crippen LogP contribution < -0.4 is 61.6 Å². The van der Waals surface area contributed by atoms with E-state index >= 15 is 0 Å². The van der Waals surface area contributed by atoms with Gasteiger partial charge in [0.2, 0.25) is 0 Å². The first-order valence-electron chi connectivity index (χ1n) is 6.78. The van der Waals surface area contributed by atoms with Gasteiger partial charge in [0.05, 0.1) is 11.4 Å². The number of hydrogen-bond acceptors (Lipinski definition) is 2. The van der Waals surface area contributed by atoms with E-state index in [0.29, 0.717) is 5.75 Å². The largest absolute Gasteiger partial charge is 1.00 e. The summed E-state index contributed by atoms with van der Waals surface area (Å²) in [5.74, 6) is 0.429. The molecular weight excluding hydrogens is 319 g/mol. The van der Waals surface area contributed by atoms with E-state index < -0.39 is 12.4 Å². The van der Waals surface area contributed by atoms with Gasteiger partial charge in [-0.3, -0.25) is 4.68 Å². The third kappa shape index (κ3) is 4.86. The van der Waals surface area contributed by atoms with E-state index in [-0.39, 0.29) is 63.6 Å². The number of ether oxygens (including phenoxy) is 1. The number of aromatic nitrogens is 2. The van der Waals surface area contributed by atoms with E-state index in [1.54, 1.807) is 0 Å². The van der Waals surface area contributed by atoms with E-state index in [0.717, 1.165) is 24.0 Å². The minimum Gasteiger partial charge on any atom is -0.487 e. The van der Waals surface area contributed by atoms with Crippen LogP contribution in [0.25, 0.3) is 0 Å². The summed E-state index contributed by atoms with van der Waals surface area (Å²) >= 11 is 0. The first-order valence-corrected chi connectivity index (χ1v) is 6.78. The zero-order valence-corrected chi connectivity index (χ0v) is 16.4. The molecule has 0 radical (unpaired) electrons. The Hall–Kier alpha value is -0.279. The molecule has 0 aliphatic heterocycles. The maximum Gasteiger partial charge on any atom is 1.00 e. The Morgan fingerprint density at radius 2 is 1.86 bits per heavy atom. The molecule has 1 aromatic heterocycles. The molecule has 0 amide bonds. The average molecular weight is 336 g/mol. The van der Waals surface area contributed by atoms with Crippen molar-refractivity contribution in [2.45, 2.75) is 33.9 Å². The summed E-state index contributed by atoms with van der Waals surface area (Å²) in [7, 11) is 0. The Morgan fingerprint density at radius 3 is 2.41 bits per heavy atom. The van der Waals surface area contributed by atoms with Crippen LogP contribution in [0.4, 0.5) is 12.9 Å². The Morgan fingerprint density at radius 1 is 1.18 bits per heavy atom. The molecule has 22 heavy (non-hydrogen) atoms. The van der Waals surface area contributed by atoms with E-state index in [9.17, 15) is 12.9 Å². The number of nitrogens with zero attached hydrogens (tertiary/aromatic N) is 2. The summed E-state index contributed by atoms with van der Waals surface area (Å²) in [6.45, 7) is 1.33. The molecule has 0 N–H and O–H groups in total. The zero-order valence-electron chi connectivity index (χ0n) is 13.2. The monoisotopic (exact) mass is 336 g/mol. The number of rotatable bonds is 5. The van der Waals surface area contributed by atoms with E-state index in [1.165, 1.54) is 19.1 Å². The summed E-state index contributed by atoms with van der Waals surface area (Å²) in [5.41, 5.74) is 1.40. The van der Waals surface area contributed by atoms with Crippen molar-refractivity contribution < 1.29 is 69.1 Å². The van der Waals surface area contributed by atoms with Crippen LogP contribution in [0.15, 0.2) is 24.3 Å². The minimum absolute atomic E-state index is 0. The second-order valence-electron chi connectivity index (χ2n) is 4.97. The van der Waals surface area contributed by atoms with Crippen molar-refractivity contribution in [1.82, 2.24) is 9.78 Å². The standard InChI is InChI=1S/C14H17BF3N2O.K/c1-4-20-12(8-11(3)19-20)9-21-13-5-6-14(10(2)7-13)15(16,17)18;/h5-8H,4,9H2,1-3H3;/q-1;+1. The van der Waals surface area contributed by atoms with Crippen LogP contribution in [0, 0.1) is 13.8 Å². The molecule has 2 rings (SSSR count). The maximum absolute atomic E-state index is 12.7. The SMILES string of the molecule is CCn1nc(C)cc1COc1ccc([B-](F)(F)F)c(C)c1.[K+]. The number of aryl methyl sites for hydroxylation is 3. The molecule has 0 bridgehead atoms. The average Bonchev–Trinajstić information content (AvgIpc) is 2.75. The van der Waals surface area contributed by atoms with Crippen LogP contribution >= 0.6 is 0 Å². The Balaban J connectivity index is 0.00000242. The fraction of sp³-hybridized carbons (Fsp3) is 0.357. The molecule has 0 spiro atoms. The first kappa shape index (κ1) is 19.8. The molecule has 2 aromatic rings. The van der Waals surface area contributed by atoms with Crippen molar-refractivity contribution in [3.05, 3.63) is 41.2 Å². The second-order valence-corrected chi connectivity index (χ2v) is 4.97. The summed E-state index contributed by atoms with van der Waals surface area (Å²) in [6, 6.07) is 5.76. The quantitative estimate of drug-likeness (QED) is 0.728. The molecule has 8 heteroatoms. The van der Waals surface area contributed by atoms with Gasteiger partial charge < -0.3 is 17.7 Å². The molecule has 1 aromatic carbocycles. The molecule has 0 atom stereocenters. The predicted octanol–water partition coefficient (Wildman–Crippen LogP) is 0.157. The maximum atomic E-state index is 12.7. The molecule has 0 aliphatic carbocycles.